The van der Waals surface area contributed by atoms with Crippen LogP contribution < -0.4 is 5.56 Å². The molecule has 0 saturated carbocycles. The van der Waals surface area contributed by atoms with Gasteiger partial charge in [-0.15, -0.1) is 0 Å². The van der Waals surface area contributed by atoms with Crippen LogP contribution in [0.25, 0.3) is 11.0 Å². The monoisotopic (exact) mass is 404 g/mol. The lowest BCUT2D eigenvalue weighted by Gasteiger charge is -2.43. The zero-order valence-corrected chi connectivity index (χ0v) is 16.6. The number of nitrogens with zero attached hydrogens (tertiary/aromatic N) is 3. The maximum absolute atomic E-state index is 12.9. The van der Waals surface area contributed by atoms with Gasteiger partial charge in [-0.25, -0.2) is 13.4 Å². The third-order valence-corrected chi connectivity index (χ3v) is 7.46. The van der Waals surface area contributed by atoms with Crippen molar-refractivity contribution in [3.63, 3.8) is 0 Å². The Morgan fingerprint density at radius 3 is 2.75 bits per heavy atom. The second-order valence-electron chi connectivity index (χ2n) is 7.46. The molecule has 0 unspecified atom stereocenters. The number of aryl methyl sites for hydroxylation is 1. The summed E-state index contributed by atoms with van der Waals surface area (Å²) in [6.07, 6.45) is 0.376. The molecule has 4 rings (SSSR count). The van der Waals surface area contributed by atoms with E-state index in [-0.39, 0.29) is 47.9 Å². The summed E-state index contributed by atoms with van der Waals surface area (Å²) in [5.74, 6) is 0.0211. The molecule has 0 spiro atoms. The lowest BCUT2D eigenvalue weighted by Crippen LogP contribution is -2.60. The second kappa shape index (κ2) is 7.29. The number of fused-ring (bicyclic) bond motifs is 2. The Morgan fingerprint density at radius 1 is 1.21 bits per heavy atom. The topological polar surface area (TPSA) is 103 Å². The van der Waals surface area contributed by atoms with Crippen LogP contribution in [-0.2, 0) is 21.1 Å². The number of benzene rings is 1. The van der Waals surface area contributed by atoms with Crippen LogP contribution in [0.15, 0.2) is 29.1 Å². The van der Waals surface area contributed by atoms with E-state index in [1.807, 2.05) is 25.1 Å². The van der Waals surface area contributed by atoms with Gasteiger partial charge in [0.15, 0.2) is 9.84 Å². The van der Waals surface area contributed by atoms with Gasteiger partial charge in [-0.3, -0.25) is 14.5 Å². The molecule has 3 heterocycles. The van der Waals surface area contributed by atoms with E-state index in [0.717, 1.165) is 6.54 Å². The Labute approximate surface area is 163 Å². The molecule has 0 radical (unpaired) electrons. The highest BCUT2D eigenvalue weighted by Gasteiger charge is 2.47. The molecule has 28 heavy (non-hydrogen) atoms. The molecule has 2 atom stereocenters. The summed E-state index contributed by atoms with van der Waals surface area (Å²) in [6, 6.07) is 6.84. The average Bonchev–Trinajstić information content (AvgIpc) is 3.00. The number of carbonyl (C=O) groups excluding carboxylic acids is 1. The quantitative estimate of drug-likeness (QED) is 0.780. The van der Waals surface area contributed by atoms with Crippen LogP contribution in [0.5, 0.6) is 0 Å². The average molecular weight is 404 g/mol. The van der Waals surface area contributed by atoms with Gasteiger partial charge in [-0.2, -0.15) is 0 Å². The van der Waals surface area contributed by atoms with E-state index in [9.17, 15) is 18.0 Å². The standard InChI is InChI=1S/C19H24N4O4S/c1-2-22-9-10-23(17-12-28(26,27)11-16(17)22)18(24)8-7-15-19(25)21-14-6-4-3-5-13(14)20-15/h3-6,16-17H,2,7-12H2,1H3,(H,21,25)/t16-,17+/m0/s1. The van der Waals surface area contributed by atoms with Gasteiger partial charge < -0.3 is 9.88 Å². The van der Waals surface area contributed by atoms with E-state index < -0.39 is 9.84 Å². The van der Waals surface area contributed by atoms with Crippen molar-refractivity contribution in [2.24, 2.45) is 0 Å². The van der Waals surface area contributed by atoms with Crippen molar-refractivity contribution in [1.82, 2.24) is 19.8 Å². The fourth-order valence-corrected chi connectivity index (χ4v) is 6.34. The fraction of sp³-hybridized carbons (Fsp3) is 0.526. The van der Waals surface area contributed by atoms with Crippen molar-refractivity contribution in [3.8, 4) is 0 Å². The lowest BCUT2D eigenvalue weighted by atomic mass is 10.0. The van der Waals surface area contributed by atoms with Crippen molar-refractivity contribution < 1.29 is 13.2 Å². The number of aromatic amines is 1. The number of H-pyrrole nitrogens is 1. The molecule has 2 saturated heterocycles. The van der Waals surface area contributed by atoms with Crippen molar-refractivity contribution in [3.05, 3.63) is 40.3 Å². The minimum Gasteiger partial charge on any atom is -0.336 e. The van der Waals surface area contributed by atoms with Crippen LogP contribution in [0, 0.1) is 0 Å². The molecule has 2 aliphatic heterocycles. The SMILES string of the molecule is CCN1CCN(C(=O)CCc2nc3ccccc3[nH]c2=O)[C@@H]2CS(=O)(=O)C[C@@H]21. The summed E-state index contributed by atoms with van der Waals surface area (Å²) in [4.78, 5) is 36.1. The van der Waals surface area contributed by atoms with E-state index in [0.29, 0.717) is 29.8 Å². The zero-order valence-electron chi connectivity index (χ0n) is 15.8. The summed E-state index contributed by atoms with van der Waals surface area (Å²) in [5, 5.41) is 0. The summed E-state index contributed by atoms with van der Waals surface area (Å²) in [5.41, 5.74) is 1.39. The normalized spacial score (nSPS) is 24.4. The number of likely N-dealkylation sites (N-methyl/N-ethyl adjacent to an activating group) is 1. The highest BCUT2D eigenvalue weighted by atomic mass is 32.2. The zero-order chi connectivity index (χ0) is 19.9. The van der Waals surface area contributed by atoms with Crippen LogP contribution in [0.4, 0.5) is 0 Å². The Kier molecular flexibility index (Phi) is 4.96. The van der Waals surface area contributed by atoms with Gasteiger partial charge >= 0.3 is 0 Å². The van der Waals surface area contributed by atoms with E-state index in [1.54, 1.807) is 11.0 Å². The molecule has 1 aromatic heterocycles. The third-order valence-electron chi connectivity index (χ3n) is 5.76. The first-order valence-electron chi connectivity index (χ1n) is 9.60. The van der Waals surface area contributed by atoms with Gasteiger partial charge in [-0.1, -0.05) is 19.1 Å². The minimum absolute atomic E-state index is 0.0225. The smallest absolute Gasteiger partial charge is 0.270 e. The van der Waals surface area contributed by atoms with E-state index in [1.165, 1.54) is 0 Å². The number of hydrogen-bond acceptors (Lipinski definition) is 6. The first-order valence-corrected chi connectivity index (χ1v) is 11.4. The van der Waals surface area contributed by atoms with Crippen molar-refractivity contribution >= 4 is 26.8 Å². The number of nitrogens with one attached hydrogen (secondary N) is 1. The maximum Gasteiger partial charge on any atom is 0.270 e. The first kappa shape index (κ1) is 19.1. The molecular weight excluding hydrogens is 380 g/mol. The second-order valence-corrected chi connectivity index (χ2v) is 9.61. The number of carbonyl (C=O) groups is 1. The molecule has 2 aromatic rings. The van der Waals surface area contributed by atoms with Crippen LogP contribution in [-0.4, -0.2) is 77.3 Å². The fourth-order valence-electron chi connectivity index (χ4n) is 4.33. The van der Waals surface area contributed by atoms with Gasteiger partial charge in [0, 0.05) is 32.0 Å². The number of hydrogen-bond donors (Lipinski definition) is 1. The van der Waals surface area contributed by atoms with Crippen LogP contribution in [0.2, 0.25) is 0 Å². The Bertz CT molecular complexity index is 1070. The minimum atomic E-state index is -3.14. The molecule has 2 aliphatic rings. The summed E-state index contributed by atoms with van der Waals surface area (Å²) >= 11 is 0. The predicted octanol–water partition coefficient (Wildman–Crippen LogP) is 0.185. The van der Waals surface area contributed by atoms with Gasteiger partial charge in [0.25, 0.3) is 5.56 Å². The number of rotatable bonds is 4. The molecule has 1 N–H and O–H groups in total. The van der Waals surface area contributed by atoms with Crippen molar-refractivity contribution in [1.29, 1.82) is 0 Å². The Hall–Kier alpha value is -2.26. The van der Waals surface area contributed by atoms with Gasteiger partial charge in [0.05, 0.1) is 28.6 Å². The molecule has 1 aromatic carbocycles. The van der Waals surface area contributed by atoms with Crippen molar-refractivity contribution in [2.45, 2.75) is 31.8 Å². The van der Waals surface area contributed by atoms with Gasteiger partial charge in [0.2, 0.25) is 5.91 Å². The predicted molar refractivity (Wildman–Crippen MR) is 106 cm³/mol. The first-order chi connectivity index (χ1) is 13.4. The highest BCUT2D eigenvalue weighted by Crippen LogP contribution is 2.27. The number of aromatic nitrogens is 2. The third kappa shape index (κ3) is 3.56. The highest BCUT2D eigenvalue weighted by molar-refractivity contribution is 7.91. The largest absolute Gasteiger partial charge is 0.336 e. The molecule has 8 nitrogen and oxygen atoms in total. The Balaban J connectivity index is 1.49. The molecule has 150 valence electrons. The number of sulfone groups is 1. The van der Waals surface area contributed by atoms with Gasteiger partial charge in [0.1, 0.15) is 5.69 Å². The summed E-state index contributed by atoms with van der Waals surface area (Å²) in [7, 11) is -3.14. The van der Waals surface area contributed by atoms with Crippen LogP contribution in [0.1, 0.15) is 19.0 Å². The maximum atomic E-state index is 12.9. The summed E-state index contributed by atoms with van der Waals surface area (Å²) in [6.45, 7) is 3.98. The van der Waals surface area contributed by atoms with Crippen LogP contribution in [0.3, 0.4) is 0 Å². The molecule has 9 heteroatoms. The number of amides is 1. The number of para-hydroxylation sites is 2. The van der Waals surface area contributed by atoms with Crippen LogP contribution >= 0.6 is 0 Å². The molecule has 0 bridgehead atoms. The van der Waals surface area contributed by atoms with E-state index >= 15 is 0 Å². The van der Waals surface area contributed by atoms with E-state index in [2.05, 4.69) is 14.9 Å². The summed E-state index contributed by atoms with van der Waals surface area (Å²) < 4.78 is 24.3. The number of piperazine rings is 1. The van der Waals surface area contributed by atoms with E-state index in [4.69, 9.17) is 0 Å². The van der Waals surface area contributed by atoms with Crippen molar-refractivity contribution in [2.75, 3.05) is 31.1 Å². The molecular formula is C19H24N4O4S. The molecule has 2 fully saturated rings. The Morgan fingerprint density at radius 2 is 1.96 bits per heavy atom. The van der Waals surface area contributed by atoms with Gasteiger partial charge in [-0.05, 0) is 18.7 Å². The lowest BCUT2D eigenvalue weighted by molar-refractivity contribution is -0.136. The molecule has 0 aliphatic carbocycles. The molecule has 1 amide bonds.